The second-order valence-corrected chi connectivity index (χ2v) is 4.40. The van der Waals surface area contributed by atoms with Gasteiger partial charge in [0.1, 0.15) is 0 Å². The topological polar surface area (TPSA) is 89.9 Å². The number of rotatable bonds is 6. The Balaban J connectivity index is 2.63. The van der Waals surface area contributed by atoms with Crippen LogP contribution < -0.4 is 10.2 Å². The van der Waals surface area contributed by atoms with Gasteiger partial charge in [-0.05, 0) is 23.8 Å². The number of hydrogen-bond acceptors (Lipinski definition) is 4. The average molecular weight is 278 g/mol. The Morgan fingerprint density at radius 1 is 1.30 bits per heavy atom. The molecule has 0 aliphatic carbocycles. The van der Waals surface area contributed by atoms with Gasteiger partial charge in [-0.25, -0.2) is 4.79 Å². The molecule has 6 heteroatoms. The van der Waals surface area contributed by atoms with Gasteiger partial charge in [0.25, 0.3) is 0 Å². The molecular formula is C14H18N2O4. The van der Waals surface area contributed by atoms with Crippen molar-refractivity contribution < 1.29 is 19.8 Å². The highest BCUT2D eigenvalue weighted by molar-refractivity contribution is 5.94. The maximum absolute atomic E-state index is 11.5. The van der Waals surface area contributed by atoms with Gasteiger partial charge in [0.05, 0.1) is 6.61 Å². The summed E-state index contributed by atoms with van der Waals surface area (Å²) in [6.45, 7) is -0.646. The first-order valence-electron chi connectivity index (χ1n) is 6.03. The summed E-state index contributed by atoms with van der Waals surface area (Å²) in [5.41, 5.74) is 1.86. The molecule has 0 radical (unpaired) electrons. The summed E-state index contributed by atoms with van der Waals surface area (Å²) in [5, 5.41) is 19.7. The molecule has 0 aliphatic rings. The molecule has 1 atom stereocenters. The molecule has 0 bridgehead atoms. The number of carbonyl (C=O) groups excluding carboxylic acids is 1. The van der Waals surface area contributed by atoms with Crippen molar-refractivity contribution in [1.29, 1.82) is 0 Å². The molecule has 0 aromatic heterocycles. The van der Waals surface area contributed by atoms with Gasteiger partial charge in [-0.1, -0.05) is 12.1 Å². The standard InChI is InChI=1S/C14H18N2O4/c1-16(2)11-6-3-10(4-7-11)5-8-13(18)15-12(9-17)14(19)20/h3-8,12,17H,9H2,1-2H3,(H,15,18)(H,19,20)/b8-5+. The average Bonchev–Trinajstić information content (AvgIpc) is 2.42. The number of carbonyl (C=O) groups is 2. The largest absolute Gasteiger partial charge is 0.480 e. The first-order valence-corrected chi connectivity index (χ1v) is 6.03. The Labute approximate surface area is 117 Å². The van der Waals surface area contributed by atoms with Gasteiger partial charge >= 0.3 is 5.97 Å². The Kier molecular flexibility index (Phi) is 5.74. The molecule has 1 rings (SSSR count). The monoisotopic (exact) mass is 278 g/mol. The summed E-state index contributed by atoms with van der Waals surface area (Å²) in [5.74, 6) is -1.84. The van der Waals surface area contributed by atoms with Crippen LogP contribution >= 0.6 is 0 Å². The van der Waals surface area contributed by atoms with Gasteiger partial charge < -0.3 is 20.4 Å². The van der Waals surface area contributed by atoms with Crippen LogP contribution in [0.3, 0.4) is 0 Å². The number of nitrogens with zero attached hydrogens (tertiary/aromatic N) is 1. The van der Waals surface area contributed by atoms with Crippen LogP contribution in [0.15, 0.2) is 30.3 Å². The molecule has 1 aromatic carbocycles. The fourth-order valence-corrected chi connectivity index (χ4v) is 1.46. The van der Waals surface area contributed by atoms with Gasteiger partial charge in [-0.2, -0.15) is 0 Å². The maximum atomic E-state index is 11.5. The first-order chi connectivity index (χ1) is 9.43. The quantitative estimate of drug-likeness (QED) is 0.652. The van der Waals surface area contributed by atoms with E-state index in [0.717, 1.165) is 11.3 Å². The van der Waals surface area contributed by atoms with Crippen molar-refractivity contribution in [2.45, 2.75) is 6.04 Å². The summed E-state index contributed by atoms with van der Waals surface area (Å²) in [6.07, 6.45) is 2.81. The molecule has 1 amide bonds. The smallest absolute Gasteiger partial charge is 0.328 e. The van der Waals surface area contributed by atoms with Gasteiger partial charge in [0.2, 0.25) is 5.91 Å². The molecule has 0 fully saturated rings. The summed E-state index contributed by atoms with van der Waals surface area (Å²) >= 11 is 0. The van der Waals surface area contributed by atoms with E-state index in [2.05, 4.69) is 5.32 Å². The van der Waals surface area contributed by atoms with E-state index in [0.29, 0.717) is 0 Å². The van der Waals surface area contributed by atoms with Gasteiger partial charge in [0.15, 0.2) is 6.04 Å². The van der Waals surface area contributed by atoms with Gasteiger partial charge in [-0.3, -0.25) is 4.79 Å². The zero-order valence-electron chi connectivity index (χ0n) is 11.4. The minimum atomic E-state index is -1.29. The molecule has 6 nitrogen and oxygen atoms in total. The molecule has 3 N–H and O–H groups in total. The minimum absolute atomic E-state index is 0.567. The Morgan fingerprint density at radius 2 is 1.90 bits per heavy atom. The number of hydrogen-bond donors (Lipinski definition) is 3. The van der Waals surface area contributed by atoms with E-state index < -0.39 is 24.5 Å². The van der Waals surface area contributed by atoms with Gasteiger partial charge in [-0.15, -0.1) is 0 Å². The molecule has 1 aromatic rings. The summed E-state index contributed by atoms with van der Waals surface area (Å²) in [6, 6.07) is 6.22. The molecule has 1 unspecified atom stereocenters. The molecule has 0 saturated heterocycles. The number of aliphatic hydroxyl groups excluding tert-OH is 1. The summed E-state index contributed by atoms with van der Waals surface area (Å²) < 4.78 is 0. The Bertz CT molecular complexity index is 494. The van der Waals surface area contributed by atoms with Crippen molar-refractivity contribution in [3.63, 3.8) is 0 Å². The third-order valence-corrected chi connectivity index (χ3v) is 2.63. The van der Waals surface area contributed by atoms with Crippen molar-refractivity contribution in [2.24, 2.45) is 0 Å². The van der Waals surface area contributed by atoms with E-state index in [9.17, 15) is 9.59 Å². The lowest BCUT2D eigenvalue weighted by Gasteiger charge is -2.12. The molecule has 0 heterocycles. The molecule has 0 spiro atoms. The van der Waals surface area contributed by atoms with E-state index in [-0.39, 0.29) is 0 Å². The predicted molar refractivity (Wildman–Crippen MR) is 76.5 cm³/mol. The lowest BCUT2D eigenvalue weighted by Crippen LogP contribution is -2.42. The van der Waals surface area contributed by atoms with E-state index in [1.807, 2.05) is 43.3 Å². The third kappa shape index (κ3) is 4.74. The van der Waals surface area contributed by atoms with Crippen LogP contribution in [0.1, 0.15) is 5.56 Å². The number of aliphatic carboxylic acids is 1. The van der Waals surface area contributed by atoms with Gasteiger partial charge in [0, 0.05) is 25.9 Å². The zero-order chi connectivity index (χ0) is 15.1. The Hall–Kier alpha value is -2.34. The summed E-state index contributed by atoms with van der Waals surface area (Å²) in [4.78, 5) is 24.1. The second kappa shape index (κ2) is 7.30. The zero-order valence-corrected chi connectivity index (χ0v) is 11.4. The van der Waals surface area contributed by atoms with Crippen LogP contribution in [-0.4, -0.2) is 48.8 Å². The predicted octanol–water partition coefficient (Wildman–Crippen LogP) is 0.327. The minimum Gasteiger partial charge on any atom is -0.480 e. The van der Waals surface area contributed by atoms with E-state index in [1.165, 1.54) is 6.08 Å². The number of anilines is 1. The van der Waals surface area contributed by atoms with Crippen molar-refractivity contribution in [2.75, 3.05) is 25.6 Å². The second-order valence-electron chi connectivity index (χ2n) is 4.40. The molecule has 108 valence electrons. The first kappa shape index (κ1) is 15.7. The molecule has 20 heavy (non-hydrogen) atoms. The van der Waals surface area contributed by atoms with Crippen LogP contribution in [0.4, 0.5) is 5.69 Å². The molecule has 0 saturated carbocycles. The number of nitrogens with one attached hydrogen (secondary N) is 1. The fourth-order valence-electron chi connectivity index (χ4n) is 1.46. The number of aliphatic hydroxyl groups is 1. The number of benzene rings is 1. The van der Waals surface area contributed by atoms with Crippen LogP contribution in [-0.2, 0) is 9.59 Å². The highest BCUT2D eigenvalue weighted by Crippen LogP contribution is 2.12. The van der Waals surface area contributed by atoms with Crippen LogP contribution in [0.5, 0.6) is 0 Å². The SMILES string of the molecule is CN(C)c1ccc(/C=C/C(=O)NC(CO)C(=O)O)cc1. The van der Waals surface area contributed by atoms with E-state index in [1.54, 1.807) is 6.08 Å². The third-order valence-electron chi connectivity index (χ3n) is 2.63. The molecular weight excluding hydrogens is 260 g/mol. The number of carboxylic acid groups (broad SMARTS) is 1. The fraction of sp³-hybridized carbons (Fsp3) is 0.286. The number of amides is 1. The van der Waals surface area contributed by atoms with Crippen molar-refractivity contribution in [3.8, 4) is 0 Å². The van der Waals surface area contributed by atoms with Crippen LogP contribution in [0, 0.1) is 0 Å². The van der Waals surface area contributed by atoms with E-state index in [4.69, 9.17) is 10.2 Å². The summed E-state index contributed by atoms with van der Waals surface area (Å²) in [7, 11) is 3.86. The van der Waals surface area contributed by atoms with Crippen molar-refractivity contribution in [1.82, 2.24) is 5.32 Å². The van der Waals surface area contributed by atoms with E-state index >= 15 is 0 Å². The highest BCUT2D eigenvalue weighted by Gasteiger charge is 2.16. The number of carboxylic acids is 1. The van der Waals surface area contributed by atoms with Crippen molar-refractivity contribution >= 4 is 23.6 Å². The Morgan fingerprint density at radius 3 is 2.35 bits per heavy atom. The van der Waals surface area contributed by atoms with Crippen molar-refractivity contribution in [3.05, 3.63) is 35.9 Å². The lowest BCUT2D eigenvalue weighted by molar-refractivity contribution is -0.142. The van der Waals surface area contributed by atoms with Crippen LogP contribution in [0.25, 0.3) is 6.08 Å². The molecule has 0 aliphatic heterocycles. The maximum Gasteiger partial charge on any atom is 0.328 e. The van der Waals surface area contributed by atoms with Crippen LogP contribution in [0.2, 0.25) is 0 Å². The normalized spacial score (nSPS) is 12.2. The highest BCUT2D eigenvalue weighted by atomic mass is 16.4. The lowest BCUT2D eigenvalue weighted by atomic mass is 10.2.